The molecule has 5 nitrogen and oxygen atoms in total. The van der Waals surface area contributed by atoms with Gasteiger partial charge in [-0.25, -0.2) is 0 Å². The van der Waals surface area contributed by atoms with Gasteiger partial charge >= 0.3 is 0 Å². The van der Waals surface area contributed by atoms with E-state index in [0.717, 1.165) is 19.6 Å². The van der Waals surface area contributed by atoms with Crippen LogP contribution in [0.3, 0.4) is 0 Å². The van der Waals surface area contributed by atoms with Crippen LogP contribution in [-0.2, 0) is 14.3 Å². The van der Waals surface area contributed by atoms with Crippen molar-refractivity contribution in [2.75, 3.05) is 32.8 Å². The number of rotatable bonds is 1. The molecule has 4 heterocycles. The van der Waals surface area contributed by atoms with Crippen LogP contribution in [0, 0.1) is 11.8 Å². The number of nitrogens with one attached hydrogen (secondary N) is 1. The molecule has 1 amide bonds. The summed E-state index contributed by atoms with van der Waals surface area (Å²) in [5.74, 6) is 1.35. The van der Waals surface area contributed by atoms with E-state index in [1.807, 2.05) is 4.90 Å². The molecule has 6 heteroatoms. The molecule has 0 aliphatic carbocycles. The number of ether oxygens (including phenoxy) is 2. The summed E-state index contributed by atoms with van der Waals surface area (Å²) in [6.45, 7) is 3.92. The molecule has 0 spiro atoms. The van der Waals surface area contributed by atoms with E-state index in [-0.39, 0.29) is 24.4 Å². The minimum absolute atomic E-state index is 0. The second kappa shape index (κ2) is 5.20. The molecule has 2 bridgehead atoms. The van der Waals surface area contributed by atoms with E-state index in [1.165, 1.54) is 12.8 Å². The first-order chi connectivity index (χ1) is 8.83. The van der Waals surface area contributed by atoms with Crippen LogP contribution in [0.1, 0.15) is 12.8 Å². The Morgan fingerprint density at radius 1 is 1.16 bits per heavy atom. The Balaban J connectivity index is 0.00000110. The fourth-order valence-corrected chi connectivity index (χ4v) is 4.07. The molecule has 4 fully saturated rings. The van der Waals surface area contributed by atoms with Gasteiger partial charge in [-0.15, -0.1) is 12.4 Å². The number of halogens is 1. The average Bonchev–Trinajstić information content (AvgIpc) is 3.10. The van der Waals surface area contributed by atoms with Crippen molar-refractivity contribution < 1.29 is 14.3 Å². The number of carbonyl (C=O) groups excluding carboxylic acids is 1. The topological polar surface area (TPSA) is 50.8 Å². The Morgan fingerprint density at radius 3 is 2.42 bits per heavy atom. The van der Waals surface area contributed by atoms with E-state index in [1.54, 1.807) is 0 Å². The summed E-state index contributed by atoms with van der Waals surface area (Å²) in [5, 5.41) is 3.22. The molecule has 0 radical (unpaired) electrons. The van der Waals surface area contributed by atoms with Crippen molar-refractivity contribution in [2.45, 2.75) is 31.2 Å². The third-order valence-electron chi connectivity index (χ3n) is 4.97. The summed E-state index contributed by atoms with van der Waals surface area (Å²) >= 11 is 0. The fraction of sp³-hybridized carbons (Fsp3) is 0.923. The SMILES string of the molecule is Cl.O=C(C1CNCCO1)N1CC2C3CCC(O3)C2C1. The predicted molar refractivity (Wildman–Crippen MR) is 71.3 cm³/mol. The number of nitrogens with zero attached hydrogens (tertiary/aromatic N) is 1. The lowest BCUT2D eigenvalue weighted by Crippen LogP contribution is -2.49. The summed E-state index contributed by atoms with van der Waals surface area (Å²) in [6, 6.07) is 0. The van der Waals surface area contributed by atoms with Crippen LogP contribution in [0.25, 0.3) is 0 Å². The zero-order valence-electron chi connectivity index (χ0n) is 10.9. The Morgan fingerprint density at radius 2 is 1.84 bits per heavy atom. The van der Waals surface area contributed by atoms with Gasteiger partial charge in [-0.3, -0.25) is 4.79 Å². The minimum atomic E-state index is -0.267. The number of morpholine rings is 1. The normalized spacial score (nSPS) is 44.0. The van der Waals surface area contributed by atoms with Crippen LogP contribution < -0.4 is 5.32 Å². The maximum absolute atomic E-state index is 12.4. The van der Waals surface area contributed by atoms with E-state index in [0.29, 0.717) is 37.2 Å². The van der Waals surface area contributed by atoms with E-state index >= 15 is 0 Å². The summed E-state index contributed by atoms with van der Waals surface area (Å²) in [7, 11) is 0. The molecule has 4 rings (SSSR count). The van der Waals surface area contributed by atoms with Gasteiger partial charge < -0.3 is 19.7 Å². The third kappa shape index (κ3) is 2.17. The van der Waals surface area contributed by atoms with Crippen LogP contribution in [0.5, 0.6) is 0 Å². The smallest absolute Gasteiger partial charge is 0.253 e. The number of hydrogen-bond acceptors (Lipinski definition) is 4. The molecule has 108 valence electrons. The Labute approximate surface area is 119 Å². The van der Waals surface area contributed by atoms with Crippen molar-refractivity contribution in [3.05, 3.63) is 0 Å². The molecule has 0 saturated carbocycles. The highest BCUT2D eigenvalue weighted by Crippen LogP contribution is 2.47. The molecule has 5 atom stereocenters. The van der Waals surface area contributed by atoms with Gasteiger partial charge in [0.25, 0.3) is 5.91 Å². The maximum Gasteiger partial charge on any atom is 0.253 e. The lowest BCUT2D eigenvalue weighted by molar-refractivity contribution is -0.144. The molecule has 19 heavy (non-hydrogen) atoms. The first kappa shape index (κ1) is 13.6. The second-order valence-electron chi connectivity index (χ2n) is 5.92. The lowest BCUT2D eigenvalue weighted by atomic mass is 9.82. The van der Waals surface area contributed by atoms with Crippen molar-refractivity contribution in [1.82, 2.24) is 10.2 Å². The van der Waals surface area contributed by atoms with Crippen LogP contribution in [0.15, 0.2) is 0 Å². The summed E-state index contributed by atoms with van der Waals surface area (Å²) < 4.78 is 11.5. The standard InChI is InChI=1S/C13H20N2O3.ClH/c16-13(12-5-14-3-4-17-12)15-6-8-9(7-15)11-2-1-10(8)18-11;/h8-12,14H,1-7H2;1H. The van der Waals surface area contributed by atoms with Gasteiger partial charge in [0.05, 0.1) is 18.8 Å². The number of hydrogen-bond donors (Lipinski definition) is 1. The van der Waals surface area contributed by atoms with Crippen molar-refractivity contribution in [1.29, 1.82) is 0 Å². The molecule has 5 unspecified atom stereocenters. The number of fused-ring (bicyclic) bond motifs is 5. The van der Waals surface area contributed by atoms with Gasteiger partial charge in [-0.2, -0.15) is 0 Å². The molecule has 1 N–H and O–H groups in total. The maximum atomic E-state index is 12.4. The van der Waals surface area contributed by atoms with E-state index in [4.69, 9.17) is 9.47 Å². The molecule has 0 aromatic carbocycles. The van der Waals surface area contributed by atoms with Crippen molar-refractivity contribution in [2.24, 2.45) is 11.8 Å². The molecule has 4 saturated heterocycles. The van der Waals surface area contributed by atoms with Crippen LogP contribution >= 0.6 is 12.4 Å². The van der Waals surface area contributed by atoms with Gasteiger partial charge in [0.1, 0.15) is 6.10 Å². The van der Waals surface area contributed by atoms with Crippen LogP contribution in [0.2, 0.25) is 0 Å². The van der Waals surface area contributed by atoms with E-state index in [9.17, 15) is 4.79 Å². The lowest BCUT2D eigenvalue weighted by Gasteiger charge is -2.27. The Kier molecular flexibility index (Phi) is 3.73. The van der Waals surface area contributed by atoms with E-state index in [2.05, 4.69) is 5.32 Å². The molecule has 4 aliphatic heterocycles. The average molecular weight is 289 g/mol. The zero-order chi connectivity index (χ0) is 12.1. The van der Waals surface area contributed by atoms with Crippen LogP contribution in [0.4, 0.5) is 0 Å². The molecule has 4 aliphatic rings. The zero-order valence-corrected chi connectivity index (χ0v) is 11.7. The highest BCUT2D eigenvalue weighted by atomic mass is 35.5. The van der Waals surface area contributed by atoms with Crippen molar-refractivity contribution in [3.8, 4) is 0 Å². The molecule has 0 aromatic heterocycles. The third-order valence-corrected chi connectivity index (χ3v) is 4.97. The predicted octanol–water partition coefficient (Wildman–Crippen LogP) is 0.0324. The van der Waals surface area contributed by atoms with Gasteiger partial charge in [0, 0.05) is 38.0 Å². The van der Waals surface area contributed by atoms with Gasteiger partial charge in [-0.05, 0) is 12.8 Å². The number of likely N-dealkylation sites (tertiary alicyclic amines) is 1. The summed E-state index contributed by atoms with van der Waals surface area (Å²) in [5.41, 5.74) is 0. The molecular weight excluding hydrogens is 268 g/mol. The van der Waals surface area contributed by atoms with E-state index < -0.39 is 0 Å². The highest BCUT2D eigenvalue weighted by Gasteiger charge is 2.54. The highest BCUT2D eigenvalue weighted by molar-refractivity contribution is 5.85. The summed E-state index contributed by atoms with van der Waals surface area (Å²) in [4.78, 5) is 14.4. The fourth-order valence-electron chi connectivity index (χ4n) is 4.07. The number of carbonyl (C=O) groups is 1. The number of amides is 1. The van der Waals surface area contributed by atoms with Gasteiger partial charge in [0.2, 0.25) is 0 Å². The van der Waals surface area contributed by atoms with Gasteiger partial charge in [-0.1, -0.05) is 0 Å². The minimum Gasteiger partial charge on any atom is -0.374 e. The van der Waals surface area contributed by atoms with Crippen molar-refractivity contribution in [3.63, 3.8) is 0 Å². The first-order valence-electron chi connectivity index (χ1n) is 7.09. The molecule has 0 aromatic rings. The summed E-state index contributed by atoms with van der Waals surface area (Å²) in [6.07, 6.45) is 2.95. The van der Waals surface area contributed by atoms with Crippen LogP contribution in [-0.4, -0.2) is 61.9 Å². The van der Waals surface area contributed by atoms with Gasteiger partial charge in [0.15, 0.2) is 0 Å². The molecular formula is C13H21ClN2O3. The first-order valence-corrected chi connectivity index (χ1v) is 7.09. The second-order valence-corrected chi connectivity index (χ2v) is 5.92. The quantitative estimate of drug-likeness (QED) is 0.740. The largest absolute Gasteiger partial charge is 0.374 e. The van der Waals surface area contributed by atoms with Crippen molar-refractivity contribution >= 4 is 18.3 Å². The Hall–Kier alpha value is -0.360. The monoisotopic (exact) mass is 288 g/mol. The Bertz CT molecular complexity index is 344.